The zero-order chi connectivity index (χ0) is 31.3. The van der Waals surface area contributed by atoms with E-state index in [-0.39, 0.29) is 57.5 Å². The van der Waals surface area contributed by atoms with Crippen LogP contribution in [0.1, 0.15) is 53.1 Å². The smallest absolute Gasteiger partial charge is 0.416 e. The molecule has 2 heterocycles. The number of amides is 1. The minimum Gasteiger partial charge on any atom is -0.456 e. The van der Waals surface area contributed by atoms with Crippen LogP contribution in [0.2, 0.25) is 0 Å². The van der Waals surface area contributed by atoms with E-state index in [4.69, 9.17) is 10.2 Å². The summed E-state index contributed by atoms with van der Waals surface area (Å²) in [6.07, 6.45) is -9.62. The Morgan fingerprint density at radius 1 is 0.930 bits per heavy atom. The molecule has 2 N–H and O–H groups in total. The second-order valence-electron chi connectivity index (χ2n) is 10.7. The van der Waals surface area contributed by atoms with Gasteiger partial charge in [-0.1, -0.05) is 26.0 Å². The molecule has 0 aliphatic rings. The van der Waals surface area contributed by atoms with Crippen molar-refractivity contribution in [2.24, 2.45) is 11.7 Å². The Kier molecular flexibility index (Phi) is 7.57. The molecule has 0 aliphatic carbocycles. The van der Waals surface area contributed by atoms with Gasteiger partial charge in [-0.25, -0.2) is 4.98 Å². The van der Waals surface area contributed by atoms with Crippen molar-refractivity contribution < 1.29 is 35.6 Å². The van der Waals surface area contributed by atoms with Crippen LogP contribution in [0, 0.1) is 5.92 Å². The highest BCUT2D eigenvalue weighted by atomic mass is 19.4. The molecule has 0 bridgehead atoms. The molecule has 0 fully saturated rings. The first-order valence-electron chi connectivity index (χ1n) is 13.3. The lowest BCUT2D eigenvalue weighted by molar-refractivity contribution is -0.143. The Hall–Kier alpha value is -4.61. The lowest BCUT2D eigenvalue weighted by Crippen LogP contribution is -2.13. The molecule has 0 unspecified atom stereocenters. The van der Waals surface area contributed by atoms with Crippen molar-refractivity contribution in [3.05, 3.63) is 99.0 Å². The first kappa shape index (κ1) is 29.9. The molecule has 3 aromatic carbocycles. The van der Waals surface area contributed by atoms with E-state index < -0.39 is 29.4 Å². The topological polar surface area (TPSA) is 91.1 Å². The summed E-state index contributed by atoms with van der Waals surface area (Å²) in [7, 11) is 0. The molecule has 0 spiro atoms. The Labute approximate surface area is 240 Å². The summed E-state index contributed by atoms with van der Waals surface area (Å²) in [5, 5.41) is 0.198. The maximum atomic E-state index is 13.5. The number of aryl methyl sites for hydroxylation is 1. The summed E-state index contributed by atoms with van der Waals surface area (Å²) in [5.41, 5.74) is 3.76. The normalized spacial score (nSPS) is 12.5. The zero-order valence-corrected chi connectivity index (χ0v) is 22.9. The molecule has 0 saturated carbocycles. The van der Waals surface area contributed by atoms with Gasteiger partial charge in [0.05, 0.1) is 27.5 Å². The van der Waals surface area contributed by atoms with Crippen LogP contribution in [0.4, 0.5) is 26.3 Å². The number of benzene rings is 3. The molecule has 0 saturated heterocycles. The van der Waals surface area contributed by atoms with Gasteiger partial charge >= 0.3 is 12.4 Å². The molecular weight excluding hydrogens is 576 g/mol. The molecule has 6 nitrogen and oxygen atoms in total. The van der Waals surface area contributed by atoms with Gasteiger partial charge in [0.2, 0.25) is 5.91 Å². The van der Waals surface area contributed by atoms with E-state index in [0.717, 1.165) is 0 Å². The van der Waals surface area contributed by atoms with Crippen LogP contribution in [0.15, 0.2) is 69.9 Å². The van der Waals surface area contributed by atoms with E-state index in [1.807, 2.05) is 13.8 Å². The highest BCUT2D eigenvalue weighted by Gasteiger charge is 2.37. The number of hydrogen-bond acceptors (Lipinski definition) is 4. The van der Waals surface area contributed by atoms with E-state index in [1.54, 1.807) is 22.8 Å². The van der Waals surface area contributed by atoms with Crippen LogP contribution in [0.3, 0.4) is 0 Å². The average Bonchev–Trinajstić information content (AvgIpc) is 3.25. The summed E-state index contributed by atoms with van der Waals surface area (Å²) >= 11 is 0. The number of nitrogens with two attached hydrogens (primary N) is 1. The Morgan fingerprint density at radius 3 is 2.12 bits per heavy atom. The maximum Gasteiger partial charge on any atom is 0.416 e. The Bertz CT molecular complexity index is 1870. The second-order valence-corrected chi connectivity index (χ2v) is 10.7. The van der Waals surface area contributed by atoms with Gasteiger partial charge in [0.1, 0.15) is 17.2 Å². The predicted octanol–water partition coefficient (Wildman–Crippen LogP) is 7.58. The van der Waals surface area contributed by atoms with Crippen LogP contribution in [-0.2, 0) is 25.3 Å². The fourth-order valence-electron chi connectivity index (χ4n) is 4.84. The number of alkyl halides is 6. The van der Waals surface area contributed by atoms with Crippen molar-refractivity contribution in [2.75, 3.05) is 0 Å². The van der Waals surface area contributed by atoms with Gasteiger partial charge in [-0.2, -0.15) is 26.3 Å². The Balaban J connectivity index is 1.65. The largest absolute Gasteiger partial charge is 0.456 e. The van der Waals surface area contributed by atoms with Gasteiger partial charge in [0.25, 0.3) is 0 Å². The molecule has 43 heavy (non-hydrogen) atoms. The number of carbonyl (C=O) groups is 1. The molecule has 5 rings (SSSR count). The molecule has 0 atom stereocenters. The quantitative estimate of drug-likeness (QED) is 0.195. The number of hydrogen-bond donors (Lipinski definition) is 1. The maximum absolute atomic E-state index is 13.5. The van der Waals surface area contributed by atoms with Crippen molar-refractivity contribution >= 4 is 27.9 Å². The van der Waals surface area contributed by atoms with Crippen LogP contribution >= 0.6 is 0 Å². The molecular formula is C31H25F6N3O3. The number of primary amides is 1. The third-order valence-corrected chi connectivity index (χ3v) is 7.07. The highest BCUT2D eigenvalue weighted by Crippen LogP contribution is 2.37. The highest BCUT2D eigenvalue weighted by molar-refractivity contribution is 5.94. The van der Waals surface area contributed by atoms with Gasteiger partial charge in [0.15, 0.2) is 5.43 Å². The number of carbonyl (C=O) groups excluding carboxylic acids is 1. The number of halogens is 6. The van der Waals surface area contributed by atoms with Gasteiger partial charge < -0.3 is 14.7 Å². The molecule has 12 heteroatoms. The van der Waals surface area contributed by atoms with E-state index in [1.165, 1.54) is 24.3 Å². The molecule has 224 valence electrons. The fourth-order valence-corrected chi connectivity index (χ4v) is 4.84. The molecule has 5 aromatic rings. The van der Waals surface area contributed by atoms with Crippen LogP contribution in [0.25, 0.3) is 33.3 Å². The monoisotopic (exact) mass is 601 g/mol. The van der Waals surface area contributed by atoms with Crippen LogP contribution in [0.5, 0.6) is 0 Å². The number of fused-ring (bicyclic) bond motifs is 2. The van der Waals surface area contributed by atoms with Gasteiger partial charge in [0, 0.05) is 36.2 Å². The summed E-state index contributed by atoms with van der Waals surface area (Å²) in [4.78, 5) is 29.0. The minimum absolute atomic E-state index is 0.0915. The number of aromatic nitrogens is 2. The average molecular weight is 602 g/mol. The SMILES string of the molecule is CC(C)CCn1c(Cc2cc(C(F)(F)F)cc(C(F)(F)F)c2)nc2cc3c(=O)cc(-c4ccc(C(N)=O)cc4)oc3cc21. The first-order chi connectivity index (χ1) is 20.1. The van der Waals surface area contributed by atoms with Crippen molar-refractivity contribution in [1.29, 1.82) is 0 Å². The fraction of sp³-hybridized carbons (Fsp3) is 0.258. The second kappa shape index (κ2) is 10.9. The molecule has 0 radical (unpaired) electrons. The van der Waals surface area contributed by atoms with Crippen LogP contribution in [-0.4, -0.2) is 15.5 Å². The summed E-state index contributed by atoms with van der Waals surface area (Å²) in [5.74, 6) is 0.0845. The van der Waals surface area contributed by atoms with Gasteiger partial charge in [-0.3, -0.25) is 9.59 Å². The third-order valence-electron chi connectivity index (χ3n) is 7.07. The van der Waals surface area contributed by atoms with E-state index >= 15 is 0 Å². The summed E-state index contributed by atoms with van der Waals surface area (Å²) < 4.78 is 88.7. The van der Waals surface area contributed by atoms with Crippen molar-refractivity contribution in [3.63, 3.8) is 0 Å². The summed E-state index contributed by atoms with van der Waals surface area (Å²) in [6, 6.07) is 12.0. The number of nitrogens with zero attached hydrogens (tertiary/aromatic N) is 2. The molecule has 0 aliphatic heterocycles. The molecule has 2 aromatic heterocycles. The van der Waals surface area contributed by atoms with Gasteiger partial charge in [-0.15, -0.1) is 0 Å². The van der Waals surface area contributed by atoms with E-state index in [0.29, 0.717) is 41.7 Å². The van der Waals surface area contributed by atoms with Crippen molar-refractivity contribution in [3.8, 4) is 11.3 Å². The Morgan fingerprint density at radius 2 is 1.56 bits per heavy atom. The van der Waals surface area contributed by atoms with Crippen molar-refractivity contribution in [2.45, 2.75) is 45.6 Å². The minimum atomic E-state index is -4.98. The van der Waals surface area contributed by atoms with E-state index in [9.17, 15) is 35.9 Å². The van der Waals surface area contributed by atoms with E-state index in [2.05, 4.69) is 4.98 Å². The van der Waals surface area contributed by atoms with Gasteiger partial charge in [-0.05, 0) is 54.3 Å². The van der Waals surface area contributed by atoms with Crippen molar-refractivity contribution in [1.82, 2.24) is 9.55 Å². The first-order valence-corrected chi connectivity index (χ1v) is 13.3. The lowest BCUT2D eigenvalue weighted by Gasteiger charge is -2.15. The number of imidazole rings is 1. The third kappa shape index (κ3) is 6.27. The summed E-state index contributed by atoms with van der Waals surface area (Å²) in [6.45, 7) is 4.33. The standard InChI is InChI=1S/C31H25F6N3O3/c1-16(2)7-8-40-24-14-27-22(25(41)15-26(43-27)18-3-5-19(6-4-18)29(38)42)13-23(24)39-28(40)11-17-9-20(30(32,33)34)12-21(10-17)31(35,36)37/h3-6,9-10,12-16H,7-8,11H2,1-2H3,(H2,38,42). The number of rotatable bonds is 7. The molecule has 1 amide bonds. The predicted molar refractivity (Wildman–Crippen MR) is 148 cm³/mol. The zero-order valence-electron chi connectivity index (χ0n) is 22.9. The lowest BCUT2D eigenvalue weighted by atomic mass is 10.0. The van der Waals surface area contributed by atoms with Crippen LogP contribution < -0.4 is 11.2 Å².